The van der Waals surface area contributed by atoms with E-state index in [1.165, 1.54) is 12.1 Å². The number of aliphatic hydroxyl groups excluding tert-OH is 1. The Morgan fingerprint density at radius 2 is 1.70 bits per heavy atom. The van der Waals surface area contributed by atoms with Crippen LogP contribution in [0, 0.1) is 5.92 Å². The van der Waals surface area contributed by atoms with E-state index in [2.05, 4.69) is 9.97 Å². The first kappa shape index (κ1) is 24.9. The zero-order valence-corrected chi connectivity index (χ0v) is 20.0. The number of aromatic nitrogens is 2. The van der Waals surface area contributed by atoms with Gasteiger partial charge >= 0.3 is 12.1 Å². The van der Waals surface area contributed by atoms with E-state index in [1.54, 1.807) is 29.4 Å². The average Bonchev–Trinajstić information content (AvgIpc) is 2.77. The Balaban J connectivity index is 1.49. The van der Waals surface area contributed by atoms with Crippen LogP contribution >= 0.6 is 0 Å². The number of carbonyl (C=O) groups excluding carboxylic acids is 1. The van der Waals surface area contributed by atoms with Crippen LogP contribution in [-0.4, -0.2) is 72.1 Å². The molecule has 0 radical (unpaired) electrons. The van der Waals surface area contributed by atoms with Crippen molar-refractivity contribution in [2.24, 2.45) is 5.92 Å². The number of sulfone groups is 1. The summed E-state index contributed by atoms with van der Waals surface area (Å²) in [5, 5.41) is 8.89. The zero-order chi connectivity index (χ0) is 24.1. The van der Waals surface area contributed by atoms with Crippen LogP contribution in [0.15, 0.2) is 41.6 Å². The number of rotatable bonds is 7. The number of likely N-dealkylation sites (tertiary alicyclic amines) is 1. The molecule has 180 valence electrons. The van der Waals surface area contributed by atoms with Gasteiger partial charge in [-0.25, -0.2) is 23.2 Å². The van der Waals surface area contributed by atoms with E-state index in [0.29, 0.717) is 25.6 Å². The van der Waals surface area contributed by atoms with Crippen LogP contribution in [0.4, 0.5) is 4.79 Å². The third kappa shape index (κ3) is 7.13. The Morgan fingerprint density at radius 3 is 2.24 bits per heavy atom. The van der Waals surface area contributed by atoms with Crippen molar-refractivity contribution in [2.75, 3.05) is 32.1 Å². The second-order valence-electron chi connectivity index (χ2n) is 9.04. The lowest BCUT2D eigenvalue weighted by Gasteiger charge is -2.33. The molecule has 1 fully saturated rings. The van der Waals surface area contributed by atoms with E-state index in [0.717, 1.165) is 24.0 Å². The van der Waals surface area contributed by atoms with Crippen LogP contribution in [0.3, 0.4) is 0 Å². The van der Waals surface area contributed by atoms with Gasteiger partial charge in [0.15, 0.2) is 9.84 Å². The number of aliphatic hydroxyl groups is 1. The van der Waals surface area contributed by atoms with Crippen molar-refractivity contribution in [3.63, 3.8) is 0 Å². The summed E-state index contributed by atoms with van der Waals surface area (Å²) in [5.74, 6) is 0.00186. The summed E-state index contributed by atoms with van der Waals surface area (Å²) in [6.07, 6.45) is 4.63. The SMILES string of the molecule is CC(C)(C)OC(=O)N1CCC(COc2ncc(-c3ccc(S(=O)(=O)CCO)cc3)cn2)CC1. The minimum Gasteiger partial charge on any atom is -0.463 e. The van der Waals surface area contributed by atoms with Crippen LogP contribution in [0.25, 0.3) is 11.1 Å². The van der Waals surface area contributed by atoms with Gasteiger partial charge in [-0.1, -0.05) is 12.1 Å². The van der Waals surface area contributed by atoms with Gasteiger partial charge in [-0.05, 0) is 57.2 Å². The van der Waals surface area contributed by atoms with Crippen LogP contribution < -0.4 is 4.74 Å². The van der Waals surface area contributed by atoms with E-state index in [9.17, 15) is 13.2 Å². The summed E-state index contributed by atoms with van der Waals surface area (Å²) in [5.41, 5.74) is 1.01. The monoisotopic (exact) mass is 477 g/mol. The fourth-order valence-corrected chi connectivity index (χ4v) is 4.46. The Bertz CT molecular complexity index is 1030. The quantitative estimate of drug-likeness (QED) is 0.647. The van der Waals surface area contributed by atoms with Gasteiger partial charge in [0.1, 0.15) is 5.60 Å². The van der Waals surface area contributed by atoms with Crippen molar-refractivity contribution >= 4 is 15.9 Å². The molecule has 1 aliphatic heterocycles. The highest BCUT2D eigenvalue weighted by Gasteiger charge is 2.27. The topological polar surface area (TPSA) is 119 Å². The molecule has 0 unspecified atom stereocenters. The van der Waals surface area contributed by atoms with E-state index in [-0.39, 0.29) is 22.8 Å². The van der Waals surface area contributed by atoms with Gasteiger partial charge in [-0.2, -0.15) is 0 Å². The molecular formula is C23H31N3O6S. The number of hydrogen-bond donors (Lipinski definition) is 1. The fourth-order valence-electron chi connectivity index (χ4n) is 3.43. The van der Waals surface area contributed by atoms with E-state index in [1.807, 2.05) is 20.8 Å². The molecule has 9 nitrogen and oxygen atoms in total. The number of ether oxygens (including phenoxy) is 2. The van der Waals surface area contributed by atoms with Gasteiger partial charge in [0.2, 0.25) is 0 Å². The normalized spacial score (nSPS) is 15.3. The fraction of sp³-hybridized carbons (Fsp3) is 0.522. The molecule has 1 aliphatic rings. The number of nitrogens with zero attached hydrogens (tertiary/aromatic N) is 3. The second kappa shape index (κ2) is 10.5. The average molecular weight is 478 g/mol. The maximum absolute atomic E-state index is 12.2. The lowest BCUT2D eigenvalue weighted by atomic mass is 9.98. The molecule has 0 saturated carbocycles. The zero-order valence-electron chi connectivity index (χ0n) is 19.2. The second-order valence-corrected chi connectivity index (χ2v) is 11.2. The molecule has 1 saturated heterocycles. The van der Waals surface area contributed by atoms with Gasteiger partial charge in [0.25, 0.3) is 0 Å². The minimum atomic E-state index is -3.48. The molecule has 1 amide bonds. The van der Waals surface area contributed by atoms with Crippen molar-refractivity contribution in [3.8, 4) is 17.1 Å². The molecule has 10 heteroatoms. The van der Waals surface area contributed by atoms with E-state index < -0.39 is 22.0 Å². The lowest BCUT2D eigenvalue weighted by molar-refractivity contribution is 0.0163. The summed E-state index contributed by atoms with van der Waals surface area (Å²) >= 11 is 0. The molecule has 0 bridgehead atoms. The smallest absolute Gasteiger partial charge is 0.410 e. The van der Waals surface area contributed by atoms with Crippen LogP contribution in [0.1, 0.15) is 33.6 Å². The molecule has 1 aromatic carbocycles. The predicted octanol–water partition coefficient (Wildman–Crippen LogP) is 2.94. The van der Waals surface area contributed by atoms with Crippen LogP contribution in [0.2, 0.25) is 0 Å². The first-order chi connectivity index (χ1) is 15.6. The largest absolute Gasteiger partial charge is 0.463 e. The Labute approximate surface area is 194 Å². The molecule has 2 heterocycles. The number of piperidine rings is 1. The maximum Gasteiger partial charge on any atom is 0.410 e. The third-order valence-corrected chi connectivity index (χ3v) is 6.96. The van der Waals surface area contributed by atoms with Crippen LogP contribution in [-0.2, 0) is 14.6 Å². The minimum absolute atomic E-state index is 0.166. The van der Waals surface area contributed by atoms with Crippen molar-refractivity contribution in [2.45, 2.75) is 44.1 Å². The summed E-state index contributed by atoms with van der Waals surface area (Å²) in [6.45, 7) is 6.89. The summed E-state index contributed by atoms with van der Waals surface area (Å²) in [6, 6.07) is 6.66. The number of hydrogen-bond acceptors (Lipinski definition) is 8. The highest BCUT2D eigenvalue weighted by atomic mass is 32.2. The van der Waals surface area contributed by atoms with Crippen molar-refractivity contribution in [1.82, 2.24) is 14.9 Å². The van der Waals surface area contributed by atoms with Crippen molar-refractivity contribution in [1.29, 1.82) is 0 Å². The molecule has 0 aliphatic carbocycles. The van der Waals surface area contributed by atoms with Crippen molar-refractivity contribution in [3.05, 3.63) is 36.7 Å². The first-order valence-corrected chi connectivity index (χ1v) is 12.6. The highest BCUT2D eigenvalue weighted by molar-refractivity contribution is 7.91. The molecule has 33 heavy (non-hydrogen) atoms. The van der Waals surface area contributed by atoms with Crippen molar-refractivity contribution < 1.29 is 27.8 Å². The Hall–Kier alpha value is -2.72. The number of carbonyl (C=O) groups is 1. The van der Waals surface area contributed by atoms with Gasteiger partial charge in [0, 0.05) is 31.0 Å². The van der Waals surface area contributed by atoms with Gasteiger partial charge in [-0.15, -0.1) is 0 Å². The standard InChI is InChI=1S/C23H31N3O6S/c1-23(2,3)32-22(28)26-10-8-17(9-11-26)16-31-21-24-14-19(15-25-21)18-4-6-20(7-5-18)33(29,30)13-12-27/h4-7,14-15,17,27H,8-13,16H2,1-3H3. The molecule has 0 spiro atoms. The lowest BCUT2D eigenvalue weighted by Crippen LogP contribution is -2.42. The number of benzene rings is 1. The van der Waals surface area contributed by atoms with E-state index >= 15 is 0 Å². The van der Waals surface area contributed by atoms with Crippen LogP contribution in [0.5, 0.6) is 6.01 Å². The molecule has 0 atom stereocenters. The molecule has 1 aromatic heterocycles. The molecule has 2 aromatic rings. The Morgan fingerprint density at radius 1 is 1.09 bits per heavy atom. The predicted molar refractivity (Wildman–Crippen MR) is 123 cm³/mol. The molecular weight excluding hydrogens is 446 g/mol. The van der Waals surface area contributed by atoms with Gasteiger partial charge < -0.3 is 19.5 Å². The summed E-state index contributed by atoms with van der Waals surface area (Å²) < 4.78 is 35.2. The highest BCUT2D eigenvalue weighted by Crippen LogP contribution is 2.23. The molecule has 3 rings (SSSR count). The first-order valence-electron chi connectivity index (χ1n) is 10.9. The number of amides is 1. The Kier molecular flexibility index (Phi) is 7.91. The maximum atomic E-state index is 12.2. The third-order valence-electron chi connectivity index (χ3n) is 5.25. The molecule has 1 N–H and O–H groups in total. The summed E-state index contributed by atoms with van der Waals surface area (Å²) in [4.78, 5) is 22.6. The van der Waals surface area contributed by atoms with Gasteiger partial charge in [-0.3, -0.25) is 0 Å². The van der Waals surface area contributed by atoms with E-state index in [4.69, 9.17) is 14.6 Å². The van der Waals surface area contributed by atoms with Gasteiger partial charge in [0.05, 0.1) is 23.9 Å². The summed E-state index contributed by atoms with van der Waals surface area (Å²) in [7, 11) is -3.48.